The number of thioether (sulfide) groups is 1. The van der Waals surface area contributed by atoms with Crippen LogP contribution in [0.3, 0.4) is 0 Å². The second-order valence-electron chi connectivity index (χ2n) is 8.97. The van der Waals surface area contributed by atoms with Gasteiger partial charge in [-0.05, 0) is 66.6 Å². The van der Waals surface area contributed by atoms with Crippen molar-refractivity contribution in [2.24, 2.45) is 10.7 Å². The van der Waals surface area contributed by atoms with Crippen molar-refractivity contribution in [3.8, 4) is 6.07 Å². The number of nitriles is 1. The summed E-state index contributed by atoms with van der Waals surface area (Å²) in [5.74, 6) is -0.295. The van der Waals surface area contributed by atoms with Crippen molar-refractivity contribution in [1.82, 2.24) is 14.7 Å². The zero-order chi connectivity index (χ0) is 24.0. The van der Waals surface area contributed by atoms with Gasteiger partial charge in [0.15, 0.2) is 5.96 Å². The summed E-state index contributed by atoms with van der Waals surface area (Å²) in [6.07, 6.45) is 2.58. The molecule has 0 aliphatic carbocycles. The fraction of sp³-hybridized carbons (Fsp3) is 0.308. The van der Waals surface area contributed by atoms with Crippen LogP contribution in [0.4, 0.5) is 0 Å². The van der Waals surface area contributed by atoms with Crippen LogP contribution in [0.1, 0.15) is 42.9 Å². The lowest BCUT2D eigenvalue weighted by Crippen LogP contribution is -2.57. The van der Waals surface area contributed by atoms with Gasteiger partial charge in [-0.2, -0.15) is 10.4 Å². The van der Waals surface area contributed by atoms with Crippen molar-refractivity contribution in [2.45, 2.75) is 43.5 Å². The van der Waals surface area contributed by atoms with Crippen LogP contribution in [0.2, 0.25) is 0 Å². The minimum atomic E-state index is -0.738. The number of fused-ring (bicyclic) bond motifs is 1. The Morgan fingerprint density at radius 3 is 2.88 bits per heavy atom. The first-order chi connectivity index (χ1) is 16.4. The van der Waals surface area contributed by atoms with E-state index < -0.39 is 11.5 Å². The van der Waals surface area contributed by atoms with E-state index in [4.69, 9.17) is 10.7 Å². The average molecular weight is 471 g/mol. The highest BCUT2D eigenvalue weighted by molar-refractivity contribution is 8.03. The monoisotopic (exact) mass is 470 g/mol. The van der Waals surface area contributed by atoms with E-state index in [9.17, 15) is 10.1 Å². The van der Waals surface area contributed by atoms with Gasteiger partial charge in [0.1, 0.15) is 0 Å². The second-order valence-corrected chi connectivity index (χ2v) is 10.0. The highest BCUT2D eigenvalue weighted by Crippen LogP contribution is 2.50. The second kappa shape index (κ2) is 8.33. The fourth-order valence-electron chi connectivity index (χ4n) is 5.00. The van der Waals surface area contributed by atoms with Crippen molar-refractivity contribution in [1.29, 1.82) is 5.26 Å². The van der Waals surface area contributed by atoms with Gasteiger partial charge in [0.25, 0.3) is 0 Å². The molecule has 0 fully saturated rings. The summed E-state index contributed by atoms with van der Waals surface area (Å²) in [7, 11) is 1.68. The number of carbonyl (C=O) groups excluding carboxylic acids is 1. The molecule has 2 aliphatic heterocycles. The summed E-state index contributed by atoms with van der Waals surface area (Å²) < 4.78 is 1.95. The summed E-state index contributed by atoms with van der Waals surface area (Å²) in [6, 6.07) is 16.0. The summed E-state index contributed by atoms with van der Waals surface area (Å²) in [4.78, 5) is 20.0. The van der Waals surface area contributed by atoms with Gasteiger partial charge in [-0.15, -0.1) is 11.8 Å². The van der Waals surface area contributed by atoms with Gasteiger partial charge in [0.05, 0.1) is 34.8 Å². The third-order valence-electron chi connectivity index (χ3n) is 6.95. The Balaban J connectivity index is 1.54. The summed E-state index contributed by atoms with van der Waals surface area (Å²) in [5.41, 5.74) is 10.3. The SMILES string of the molecule is CCn1ncc2cc([C@H]3C(=O)N(C)C(N)=N[C@]3(C)C3CC(c4cccc(C#N)c4)=CS3)ccc21. The fourth-order valence-corrected chi connectivity index (χ4v) is 6.30. The number of allylic oxidation sites excluding steroid dienone is 1. The molecule has 0 saturated heterocycles. The Kier molecular flexibility index (Phi) is 5.45. The van der Waals surface area contributed by atoms with Crippen molar-refractivity contribution < 1.29 is 4.79 Å². The number of aliphatic imine (C=N–C) groups is 1. The number of hydrogen-bond donors (Lipinski definition) is 1. The third-order valence-corrected chi connectivity index (χ3v) is 8.35. The molecule has 1 amide bonds. The van der Waals surface area contributed by atoms with E-state index >= 15 is 0 Å². The molecule has 2 N–H and O–H groups in total. The number of guanidine groups is 1. The number of aromatic nitrogens is 2. The number of likely N-dealkylation sites (N-methyl/N-ethyl adjacent to an activating group) is 1. The summed E-state index contributed by atoms with van der Waals surface area (Å²) in [6.45, 7) is 4.88. The summed E-state index contributed by atoms with van der Waals surface area (Å²) in [5, 5.41) is 16.9. The maximum Gasteiger partial charge on any atom is 0.239 e. The molecule has 172 valence electrons. The molecule has 1 unspecified atom stereocenters. The van der Waals surface area contributed by atoms with E-state index in [0.29, 0.717) is 5.56 Å². The third kappa shape index (κ3) is 3.48. The number of hydrogen-bond acceptors (Lipinski definition) is 6. The molecule has 0 spiro atoms. The molecule has 3 aromatic rings. The molecular formula is C26H26N6OS. The average Bonchev–Trinajstić information content (AvgIpc) is 3.50. The van der Waals surface area contributed by atoms with Gasteiger partial charge in [-0.25, -0.2) is 4.99 Å². The van der Waals surface area contributed by atoms with E-state index in [2.05, 4.69) is 29.6 Å². The van der Waals surface area contributed by atoms with E-state index in [1.54, 1.807) is 24.9 Å². The van der Waals surface area contributed by atoms with Crippen LogP contribution in [-0.2, 0) is 11.3 Å². The Labute approximate surface area is 202 Å². The Morgan fingerprint density at radius 2 is 2.12 bits per heavy atom. The molecule has 3 heterocycles. The zero-order valence-electron chi connectivity index (χ0n) is 19.4. The molecule has 2 aromatic carbocycles. The normalized spacial score (nSPS) is 24.8. The lowest BCUT2D eigenvalue weighted by molar-refractivity contribution is -0.130. The standard InChI is InChI=1S/C26H26N6OS/c1-4-32-21-9-8-18(11-19(21)14-29-32)23-24(33)31(3)25(28)30-26(23,2)22-12-20(15-34-22)17-7-5-6-16(10-17)13-27/h5-11,14-15,22-23H,4,12H2,1-3H3,(H2,28,30)/t22?,23-,26+/m0/s1. The van der Waals surface area contributed by atoms with Crippen molar-refractivity contribution in [3.63, 3.8) is 0 Å². The quantitative estimate of drug-likeness (QED) is 0.619. The first-order valence-electron chi connectivity index (χ1n) is 11.3. The molecule has 1 aromatic heterocycles. The smallest absolute Gasteiger partial charge is 0.239 e. The lowest BCUT2D eigenvalue weighted by atomic mass is 9.74. The van der Waals surface area contributed by atoms with Crippen molar-refractivity contribution in [2.75, 3.05) is 7.05 Å². The van der Waals surface area contributed by atoms with E-state index in [0.717, 1.165) is 40.6 Å². The van der Waals surface area contributed by atoms with Crippen LogP contribution < -0.4 is 5.73 Å². The molecule has 0 radical (unpaired) electrons. The van der Waals surface area contributed by atoms with E-state index in [1.165, 1.54) is 4.90 Å². The van der Waals surface area contributed by atoms with Crippen LogP contribution in [-0.4, -0.2) is 44.4 Å². The number of rotatable bonds is 4. The van der Waals surface area contributed by atoms with Gasteiger partial charge in [-0.1, -0.05) is 18.2 Å². The van der Waals surface area contributed by atoms with Gasteiger partial charge in [0.2, 0.25) is 5.91 Å². The Morgan fingerprint density at radius 1 is 1.29 bits per heavy atom. The van der Waals surface area contributed by atoms with Crippen molar-refractivity contribution >= 4 is 40.1 Å². The van der Waals surface area contributed by atoms with E-state index in [-0.39, 0.29) is 17.1 Å². The predicted molar refractivity (Wildman–Crippen MR) is 136 cm³/mol. The summed E-state index contributed by atoms with van der Waals surface area (Å²) >= 11 is 1.68. The Bertz CT molecular complexity index is 1400. The molecule has 8 heteroatoms. The highest BCUT2D eigenvalue weighted by atomic mass is 32.2. The topological polar surface area (TPSA) is 100 Å². The minimum absolute atomic E-state index is 0.0171. The molecule has 5 rings (SSSR count). The van der Waals surface area contributed by atoms with Gasteiger partial charge < -0.3 is 5.73 Å². The van der Waals surface area contributed by atoms with E-state index in [1.807, 2.05) is 48.1 Å². The number of nitrogens with zero attached hydrogens (tertiary/aromatic N) is 5. The molecule has 0 bridgehead atoms. The largest absolute Gasteiger partial charge is 0.369 e. The minimum Gasteiger partial charge on any atom is -0.369 e. The molecule has 0 saturated carbocycles. The molecule has 34 heavy (non-hydrogen) atoms. The molecule has 3 atom stereocenters. The number of carbonyl (C=O) groups is 1. The van der Waals surface area contributed by atoms with Crippen LogP contribution in [0.15, 0.2) is 59.1 Å². The Hall–Kier alpha value is -3.57. The number of nitrogens with two attached hydrogens (primary N) is 1. The first kappa shape index (κ1) is 22.2. The maximum absolute atomic E-state index is 13.6. The van der Waals surface area contributed by atoms with Crippen LogP contribution >= 0.6 is 11.8 Å². The number of aryl methyl sites for hydroxylation is 1. The maximum atomic E-state index is 13.6. The van der Waals surface area contributed by atoms with Crippen LogP contribution in [0, 0.1) is 11.3 Å². The highest BCUT2D eigenvalue weighted by Gasteiger charge is 2.51. The van der Waals surface area contributed by atoms with Gasteiger partial charge in [0, 0.05) is 24.2 Å². The number of amides is 1. The molecular weight excluding hydrogens is 444 g/mol. The van der Waals surface area contributed by atoms with Gasteiger partial charge >= 0.3 is 0 Å². The first-order valence-corrected chi connectivity index (χ1v) is 12.2. The number of benzene rings is 2. The predicted octanol–water partition coefficient (Wildman–Crippen LogP) is 4.10. The lowest BCUT2D eigenvalue weighted by Gasteiger charge is -2.43. The molecule has 7 nitrogen and oxygen atoms in total. The van der Waals surface area contributed by atoms with Gasteiger partial charge in [-0.3, -0.25) is 14.4 Å². The van der Waals surface area contributed by atoms with Crippen LogP contribution in [0.25, 0.3) is 16.5 Å². The zero-order valence-corrected chi connectivity index (χ0v) is 20.2. The molecule has 2 aliphatic rings. The van der Waals surface area contributed by atoms with Crippen LogP contribution in [0.5, 0.6) is 0 Å². The van der Waals surface area contributed by atoms with Crippen molar-refractivity contribution in [3.05, 3.63) is 70.8 Å².